The highest BCUT2D eigenvalue weighted by Crippen LogP contribution is 2.35. The van der Waals surface area contributed by atoms with Crippen molar-refractivity contribution in [3.63, 3.8) is 0 Å². The number of para-hydroxylation sites is 1. The van der Waals surface area contributed by atoms with E-state index in [1.54, 1.807) is 6.92 Å². The van der Waals surface area contributed by atoms with Crippen LogP contribution < -0.4 is 10.1 Å². The molecule has 2 rings (SSSR count). The minimum absolute atomic E-state index is 0.0100. The Morgan fingerprint density at radius 3 is 2.62 bits per heavy atom. The molecule has 1 aromatic carbocycles. The van der Waals surface area contributed by atoms with Crippen LogP contribution in [-0.2, 0) is 17.4 Å². The molecule has 6 nitrogen and oxygen atoms in total. The number of furan rings is 1. The number of alkyl halides is 3. The minimum Gasteiger partial charge on any atom is -0.491 e. The molecule has 2 aromatic rings. The van der Waals surface area contributed by atoms with E-state index < -0.39 is 30.0 Å². The standard InChI is InChI=1S/C17H16F3NO5/c1-10-9-26-13(8-14(22)23)15(10)16(24)21-6-7-25-12-5-3-2-4-11(12)17(18,19)20/h2-5,9H,6-8H2,1H3,(H,21,24)(H,22,23). The molecule has 1 heterocycles. The van der Waals surface area contributed by atoms with E-state index in [1.165, 1.54) is 24.5 Å². The fraction of sp³-hybridized carbons (Fsp3) is 0.294. The van der Waals surface area contributed by atoms with Crippen molar-refractivity contribution in [2.45, 2.75) is 19.5 Å². The van der Waals surface area contributed by atoms with Crippen molar-refractivity contribution in [1.29, 1.82) is 0 Å². The maximum absolute atomic E-state index is 12.9. The van der Waals surface area contributed by atoms with E-state index in [-0.39, 0.29) is 30.2 Å². The van der Waals surface area contributed by atoms with Gasteiger partial charge in [0.1, 0.15) is 24.5 Å². The number of hydrogen-bond donors (Lipinski definition) is 2. The predicted molar refractivity (Wildman–Crippen MR) is 84.1 cm³/mol. The van der Waals surface area contributed by atoms with Crippen LogP contribution >= 0.6 is 0 Å². The number of carbonyl (C=O) groups excluding carboxylic acids is 1. The van der Waals surface area contributed by atoms with Gasteiger partial charge in [0.05, 0.1) is 23.9 Å². The molecule has 0 aliphatic heterocycles. The normalized spacial score (nSPS) is 11.2. The van der Waals surface area contributed by atoms with Crippen molar-refractivity contribution in [2.75, 3.05) is 13.2 Å². The zero-order valence-corrected chi connectivity index (χ0v) is 13.7. The summed E-state index contributed by atoms with van der Waals surface area (Å²) in [6.45, 7) is 1.33. The third-order valence-electron chi connectivity index (χ3n) is 3.43. The molecule has 0 radical (unpaired) electrons. The lowest BCUT2D eigenvalue weighted by Crippen LogP contribution is -2.29. The second-order valence-corrected chi connectivity index (χ2v) is 5.39. The van der Waals surface area contributed by atoms with Crippen LogP contribution in [0.3, 0.4) is 0 Å². The van der Waals surface area contributed by atoms with Crippen molar-refractivity contribution in [2.24, 2.45) is 0 Å². The lowest BCUT2D eigenvalue weighted by molar-refractivity contribution is -0.139. The molecule has 0 spiro atoms. The zero-order chi connectivity index (χ0) is 19.3. The van der Waals surface area contributed by atoms with Gasteiger partial charge in [0.2, 0.25) is 0 Å². The van der Waals surface area contributed by atoms with Crippen LogP contribution in [0.5, 0.6) is 5.75 Å². The molecule has 1 amide bonds. The van der Waals surface area contributed by atoms with Crippen molar-refractivity contribution in [3.05, 3.63) is 53.0 Å². The second kappa shape index (κ2) is 7.94. The summed E-state index contributed by atoms with van der Waals surface area (Å²) in [4.78, 5) is 22.9. The van der Waals surface area contributed by atoms with Gasteiger partial charge in [-0.3, -0.25) is 9.59 Å². The Morgan fingerprint density at radius 2 is 1.96 bits per heavy atom. The number of nitrogens with one attached hydrogen (secondary N) is 1. The summed E-state index contributed by atoms with van der Waals surface area (Å²) in [6, 6.07) is 4.76. The largest absolute Gasteiger partial charge is 0.491 e. The number of aryl methyl sites for hydroxylation is 1. The zero-order valence-electron chi connectivity index (χ0n) is 13.7. The smallest absolute Gasteiger partial charge is 0.419 e. The van der Waals surface area contributed by atoms with Crippen LogP contribution in [0.25, 0.3) is 0 Å². The Morgan fingerprint density at radius 1 is 1.27 bits per heavy atom. The quantitative estimate of drug-likeness (QED) is 0.731. The van der Waals surface area contributed by atoms with Gasteiger partial charge in [-0.15, -0.1) is 0 Å². The number of ether oxygens (including phenoxy) is 1. The predicted octanol–water partition coefficient (Wildman–Crippen LogP) is 3.04. The van der Waals surface area contributed by atoms with Crippen LogP contribution in [0.2, 0.25) is 0 Å². The van der Waals surface area contributed by atoms with E-state index in [4.69, 9.17) is 14.3 Å². The van der Waals surface area contributed by atoms with E-state index in [1.807, 2.05) is 0 Å². The van der Waals surface area contributed by atoms with Crippen LogP contribution in [0.4, 0.5) is 13.2 Å². The molecule has 0 aliphatic carbocycles. The molecule has 0 unspecified atom stereocenters. The first kappa shape index (κ1) is 19.4. The SMILES string of the molecule is Cc1coc(CC(=O)O)c1C(=O)NCCOc1ccccc1C(F)(F)F. The second-order valence-electron chi connectivity index (χ2n) is 5.39. The van der Waals surface area contributed by atoms with Gasteiger partial charge in [0, 0.05) is 5.56 Å². The van der Waals surface area contributed by atoms with Gasteiger partial charge >= 0.3 is 12.1 Å². The fourth-order valence-corrected chi connectivity index (χ4v) is 2.31. The average Bonchev–Trinajstić information content (AvgIpc) is 2.90. The Balaban J connectivity index is 1.95. The molecule has 0 saturated heterocycles. The van der Waals surface area contributed by atoms with E-state index in [2.05, 4.69) is 5.32 Å². The van der Waals surface area contributed by atoms with Crippen molar-refractivity contribution in [1.82, 2.24) is 5.32 Å². The van der Waals surface area contributed by atoms with Gasteiger partial charge < -0.3 is 19.6 Å². The Kier molecular flexibility index (Phi) is 5.91. The monoisotopic (exact) mass is 371 g/mol. The van der Waals surface area contributed by atoms with Gasteiger partial charge in [0.15, 0.2) is 0 Å². The minimum atomic E-state index is -4.54. The van der Waals surface area contributed by atoms with Crippen LogP contribution in [-0.4, -0.2) is 30.1 Å². The molecule has 0 fully saturated rings. The van der Waals surface area contributed by atoms with Gasteiger partial charge in [-0.2, -0.15) is 13.2 Å². The number of aliphatic carboxylic acids is 1. The number of halogens is 3. The third-order valence-corrected chi connectivity index (χ3v) is 3.43. The topological polar surface area (TPSA) is 88.8 Å². The van der Waals surface area contributed by atoms with Gasteiger partial charge in [-0.05, 0) is 19.1 Å². The summed E-state index contributed by atoms with van der Waals surface area (Å²) in [6.07, 6.45) is -3.73. The number of rotatable bonds is 7. The highest BCUT2D eigenvalue weighted by Gasteiger charge is 2.34. The first-order chi connectivity index (χ1) is 12.2. The highest BCUT2D eigenvalue weighted by molar-refractivity contribution is 5.97. The molecular formula is C17H16F3NO5. The summed E-state index contributed by atoms with van der Waals surface area (Å²) in [5, 5.41) is 11.3. The lowest BCUT2D eigenvalue weighted by atomic mass is 10.1. The molecule has 0 atom stereocenters. The van der Waals surface area contributed by atoms with E-state index in [0.717, 1.165) is 6.07 Å². The molecule has 1 aromatic heterocycles. The third kappa shape index (κ3) is 4.78. The maximum Gasteiger partial charge on any atom is 0.419 e. The van der Waals surface area contributed by atoms with Gasteiger partial charge in [-0.25, -0.2) is 0 Å². The Bertz CT molecular complexity index is 798. The molecule has 2 N–H and O–H groups in total. The Labute approximate surface area is 146 Å². The summed E-state index contributed by atoms with van der Waals surface area (Å²) in [7, 11) is 0. The van der Waals surface area contributed by atoms with Crippen molar-refractivity contribution < 1.29 is 37.0 Å². The molecule has 0 bridgehead atoms. The number of amides is 1. The molecule has 9 heteroatoms. The van der Waals surface area contributed by atoms with Crippen LogP contribution in [0, 0.1) is 6.92 Å². The van der Waals surface area contributed by atoms with Gasteiger partial charge in [0.25, 0.3) is 5.91 Å². The summed E-state index contributed by atoms with van der Waals surface area (Å²) < 4.78 is 48.7. The summed E-state index contributed by atoms with van der Waals surface area (Å²) in [5.74, 6) is -2.06. The van der Waals surface area contributed by atoms with Crippen LogP contribution in [0.1, 0.15) is 27.2 Å². The molecular weight excluding hydrogens is 355 g/mol. The number of hydrogen-bond acceptors (Lipinski definition) is 4. The number of carboxylic acids is 1. The first-order valence-electron chi connectivity index (χ1n) is 7.56. The van der Waals surface area contributed by atoms with E-state index in [9.17, 15) is 22.8 Å². The van der Waals surface area contributed by atoms with Gasteiger partial charge in [-0.1, -0.05) is 12.1 Å². The molecule has 26 heavy (non-hydrogen) atoms. The van der Waals surface area contributed by atoms with Crippen molar-refractivity contribution in [3.8, 4) is 5.75 Å². The fourth-order valence-electron chi connectivity index (χ4n) is 2.31. The van der Waals surface area contributed by atoms with E-state index in [0.29, 0.717) is 5.56 Å². The molecule has 0 saturated carbocycles. The average molecular weight is 371 g/mol. The molecule has 0 aliphatic rings. The highest BCUT2D eigenvalue weighted by atomic mass is 19.4. The Hall–Kier alpha value is -2.97. The summed E-state index contributed by atoms with van der Waals surface area (Å²) >= 11 is 0. The molecule has 140 valence electrons. The first-order valence-corrected chi connectivity index (χ1v) is 7.56. The summed E-state index contributed by atoms with van der Waals surface area (Å²) in [5.41, 5.74) is -0.342. The number of carboxylic acid groups (broad SMARTS) is 1. The lowest BCUT2D eigenvalue weighted by Gasteiger charge is -2.14. The number of benzene rings is 1. The number of carbonyl (C=O) groups is 2. The van der Waals surface area contributed by atoms with E-state index >= 15 is 0 Å². The van der Waals surface area contributed by atoms with Crippen LogP contribution in [0.15, 0.2) is 34.9 Å². The maximum atomic E-state index is 12.9. The van der Waals surface area contributed by atoms with Crippen molar-refractivity contribution >= 4 is 11.9 Å².